The van der Waals surface area contributed by atoms with E-state index in [1.165, 1.54) is 11.3 Å². The van der Waals surface area contributed by atoms with Gasteiger partial charge >= 0.3 is 0 Å². The lowest BCUT2D eigenvalue weighted by Crippen LogP contribution is -2.23. The molecule has 1 unspecified atom stereocenters. The van der Waals surface area contributed by atoms with Gasteiger partial charge in [-0.25, -0.2) is 4.98 Å². The topological polar surface area (TPSA) is 68.0 Å². The van der Waals surface area contributed by atoms with Gasteiger partial charge in [0.05, 0.1) is 17.7 Å². The number of hydrogen-bond acceptors (Lipinski definition) is 4. The number of thiazole rings is 1. The van der Waals surface area contributed by atoms with Crippen LogP contribution in [0.2, 0.25) is 0 Å². The SMILES string of the molecule is CC(CCN)CCC(=O)NCc1cscn1. The normalized spacial score (nSPS) is 12.4. The Morgan fingerprint density at radius 2 is 2.44 bits per heavy atom. The predicted molar refractivity (Wildman–Crippen MR) is 66.0 cm³/mol. The first-order valence-electron chi connectivity index (χ1n) is 5.56. The summed E-state index contributed by atoms with van der Waals surface area (Å²) in [7, 11) is 0. The molecule has 4 nitrogen and oxygen atoms in total. The molecule has 0 aromatic carbocycles. The van der Waals surface area contributed by atoms with Gasteiger partial charge in [0.2, 0.25) is 5.91 Å². The third kappa shape index (κ3) is 5.23. The summed E-state index contributed by atoms with van der Waals surface area (Å²) in [6.45, 7) is 3.36. The van der Waals surface area contributed by atoms with Crippen molar-refractivity contribution in [2.24, 2.45) is 11.7 Å². The van der Waals surface area contributed by atoms with Crippen LogP contribution in [0.1, 0.15) is 31.9 Å². The molecular weight excluding hydrogens is 222 g/mol. The van der Waals surface area contributed by atoms with Crippen LogP contribution in [-0.4, -0.2) is 17.4 Å². The number of rotatable bonds is 7. The number of amides is 1. The monoisotopic (exact) mass is 241 g/mol. The summed E-state index contributed by atoms with van der Waals surface area (Å²) in [5.74, 6) is 0.617. The van der Waals surface area contributed by atoms with Crippen LogP contribution in [0.25, 0.3) is 0 Å². The molecule has 1 amide bonds. The van der Waals surface area contributed by atoms with E-state index >= 15 is 0 Å². The van der Waals surface area contributed by atoms with Crippen LogP contribution in [0.15, 0.2) is 10.9 Å². The second kappa shape index (κ2) is 7.35. The van der Waals surface area contributed by atoms with E-state index in [0.29, 0.717) is 25.4 Å². The summed E-state index contributed by atoms with van der Waals surface area (Å²) >= 11 is 1.54. The van der Waals surface area contributed by atoms with Crippen LogP contribution in [0.3, 0.4) is 0 Å². The van der Waals surface area contributed by atoms with Crippen LogP contribution >= 0.6 is 11.3 Å². The minimum Gasteiger partial charge on any atom is -0.350 e. The first-order valence-corrected chi connectivity index (χ1v) is 6.50. The molecule has 0 radical (unpaired) electrons. The van der Waals surface area contributed by atoms with Crippen LogP contribution in [0, 0.1) is 5.92 Å². The van der Waals surface area contributed by atoms with Crippen molar-refractivity contribution in [1.82, 2.24) is 10.3 Å². The molecule has 16 heavy (non-hydrogen) atoms. The first kappa shape index (κ1) is 13.1. The molecule has 0 aliphatic rings. The Hall–Kier alpha value is -0.940. The average molecular weight is 241 g/mol. The molecule has 0 bridgehead atoms. The Balaban J connectivity index is 2.11. The fourth-order valence-electron chi connectivity index (χ4n) is 1.41. The molecule has 0 aliphatic heterocycles. The molecule has 0 saturated carbocycles. The summed E-state index contributed by atoms with van der Waals surface area (Å²) in [5.41, 5.74) is 8.14. The zero-order chi connectivity index (χ0) is 11.8. The number of aromatic nitrogens is 1. The predicted octanol–water partition coefficient (Wildman–Crippen LogP) is 1.52. The largest absolute Gasteiger partial charge is 0.350 e. The maximum Gasteiger partial charge on any atom is 0.220 e. The molecule has 0 fully saturated rings. The van der Waals surface area contributed by atoms with Crippen molar-refractivity contribution in [1.29, 1.82) is 0 Å². The van der Waals surface area contributed by atoms with E-state index in [1.54, 1.807) is 5.51 Å². The zero-order valence-corrected chi connectivity index (χ0v) is 10.4. The fraction of sp³-hybridized carbons (Fsp3) is 0.636. The van der Waals surface area contributed by atoms with Crippen molar-refractivity contribution in [2.75, 3.05) is 6.54 Å². The Labute approximate surface area is 100 Å². The zero-order valence-electron chi connectivity index (χ0n) is 9.61. The number of nitrogens with one attached hydrogen (secondary N) is 1. The van der Waals surface area contributed by atoms with E-state index in [9.17, 15) is 4.79 Å². The first-order chi connectivity index (χ1) is 7.72. The van der Waals surface area contributed by atoms with Crippen molar-refractivity contribution < 1.29 is 4.79 Å². The van der Waals surface area contributed by atoms with Gasteiger partial charge in [0.1, 0.15) is 0 Å². The molecule has 0 spiro atoms. The maximum absolute atomic E-state index is 11.5. The van der Waals surface area contributed by atoms with Crippen LogP contribution in [0.5, 0.6) is 0 Å². The van der Waals surface area contributed by atoms with E-state index < -0.39 is 0 Å². The lowest BCUT2D eigenvalue weighted by atomic mass is 10.0. The Kier molecular flexibility index (Phi) is 6.03. The molecule has 1 atom stereocenters. The maximum atomic E-state index is 11.5. The minimum atomic E-state index is 0.0943. The molecule has 3 N–H and O–H groups in total. The highest BCUT2D eigenvalue weighted by Crippen LogP contribution is 2.09. The van der Waals surface area contributed by atoms with Gasteiger partial charge in [-0.05, 0) is 25.3 Å². The molecule has 0 saturated heterocycles. The second-order valence-electron chi connectivity index (χ2n) is 3.98. The van der Waals surface area contributed by atoms with Crippen molar-refractivity contribution in [2.45, 2.75) is 32.7 Å². The lowest BCUT2D eigenvalue weighted by Gasteiger charge is -2.09. The van der Waals surface area contributed by atoms with Gasteiger partial charge in [-0.2, -0.15) is 0 Å². The molecule has 1 aromatic rings. The molecule has 90 valence electrons. The quantitative estimate of drug-likeness (QED) is 0.760. The molecule has 1 rings (SSSR count). The van der Waals surface area contributed by atoms with E-state index in [1.807, 2.05) is 5.38 Å². The summed E-state index contributed by atoms with van der Waals surface area (Å²) in [6.07, 6.45) is 2.46. The number of carbonyl (C=O) groups is 1. The Morgan fingerprint density at radius 3 is 3.06 bits per heavy atom. The highest BCUT2D eigenvalue weighted by atomic mass is 32.1. The van der Waals surface area contributed by atoms with Gasteiger partial charge < -0.3 is 11.1 Å². The number of nitrogens with zero attached hydrogens (tertiary/aromatic N) is 1. The third-order valence-corrected chi connectivity index (χ3v) is 3.11. The van der Waals surface area contributed by atoms with Gasteiger partial charge in [0.25, 0.3) is 0 Å². The second-order valence-corrected chi connectivity index (χ2v) is 4.70. The number of nitrogens with two attached hydrogens (primary N) is 1. The third-order valence-electron chi connectivity index (χ3n) is 2.47. The van der Waals surface area contributed by atoms with Gasteiger partial charge in [0.15, 0.2) is 0 Å². The highest BCUT2D eigenvalue weighted by Gasteiger charge is 2.06. The van der Waals surface area contributed by atoms with Gasteiger partial charge in [-0.15, -0.1) is 11.3 Å². The van der Waals surface area contributed by atoms with Crippen molar-refractivity contribution in [3.63, 3.8) is 0 Å². The summed E-state index contributed by atoms with van der Waals surface area (Å²) in [6, 6.07) is 0. The Bertz CT molecular complexity index is 300. The van der Waals surface area contributed by atoms with Gasteiger partial charge in [-0.1, -0.05) is 6.92 Å². The molecular formula is C11H19N3OS. The average Bonchev–Trinajstić information content (AvgIpc) is 2.77. The molecule has 5 heteroatoms. The standard InChI is InChI=1S/C11H19N3OS/c1-9(4-5-12)2-3-11(15)13-6-10-7-16-8-14-10/h7-9H,2-6,12H2,1H3,(H,13,15). The number of hydrogen-bond donors (Lipinski definition) is 2. The van der Waals surface area contributed by atoms with Crippen LogP contribution < -0.4 is 11.1 Å². The number of carbonyl (C=O) groups excluding carboxylic acids is 1. The molecule has 1 heterocycles. The van der Waals surface area contributed by atoms with E-state index in [4.69, 9.17) is 5.73 Å². The minimum absolute atomic E-state index is 0.0943. The summed E-state index contributed by atoms with van der Waals surface area (Å²) in [4.78, 5) is 15.6. The van der Waals surface area contributed by atoms with Crippen LogP contribution in [0.4, 0.5) is 0 Å². The van der Waals surface area contributed by atoms with Crippen LogP contribution in [-0.2, 0) is 11.3 Å². The lowest BCUT2D eigenvalue weighted by molar-refractivity contribution is -0.121. The van der Waals surface area contributed by atoms with E-state index in [0.717, 1.165) is 18.5 Å². The summed E-state index contributed by atoms with van der Waals surface area (Å²) in [5, 5.41) is 4.80. The van der Waals surface area contributed by atoms with E-state index in [-0.39, 0.29) is 5.91 Å². The van der Waals surface area contributed by atoms with Crippen molar-refractivity contribution >= 4 is 17.2 Å². The molecule has 0 aliphatic carbocycles. The Morgan fingerprint density at radius 1 is 1.62 bits per heavy atom. The van der Waals surface area contributed by atoms with E-state index in [2.05, 4.69) is 17.2 Å². The van der Waals surface area contributed by atoms with Crippen molar-refractivity contribution in [3.8, 4) is 0 Å². The fourth-order valence-corrected chi connectivity index (χ4v) is 1.97. The van der Waals surface area contributed by atoms with Gasteiger partial charge in [-0.3, -0.25) is 4.79 Å². The van der Waals surface area contributed by atoms with Crippen molar-refractivity contribution in [3.05, 3.63) is 16.6 Å². The van der Waals surface area contributed by atoms with Gasteiger partial charge in [0, 0.05) is 11.8 Å². The highest BCUT2D eigenvalue weighted by molar-refractivity contribution is 7.07. The molecule has 1 aromatic heterocycles. The smallest absolute Gasteiger partial charge is 0.220 e. The summed E-state index contributed by atoms with van der Waals surface area (Å²) < 4.78 is 0.